The van der Waals surface area contributed by atoms with Gasteiger partial charge in [-0.2, -0.15) is 0 Å². The van der Waals surface area contributed by atoms with Crippen LogP contribution in [-0.4, -0.2) is 28.1 Å². The average molecular weight is 445 g/mol. The number of carbonyl (C=O) groups is 2. The maximum absolute atomic E-state index is 12.6. The first-order valence-corrected chi connectivity index (χ1v) is 11.3. The van der Waals surface area contributed by atoms with Crippen LogP contribution in [0.25, 0.3) is 10.8 Å². The summed E-state index contributed by atoms with van der Waals surface area (Å²) in [5.41, 5.74) is 0.858. The fraction of sp³-hybridized carbons (Fsp3) is 0.286. The topological polar surface area (TPSA) is 83.8 Å². The summed E-state index contributed by atoms with van der Waals surface area (Å²) in [6, 6.07) is 22.6. The monoisotopic (exact) mass is 444 g/mol. The Labute approximate surface area is 193 Å². The lowest BCUT2D eigenvalue weighted by Crippen LogP contribution is -2.23. The highest BCUT2D eigenvalue weighted by Crippen LogP contribution is 2.34. The molecule has 0 spiro atoms. The number of benzene rings is 3. The number of allylic oxidation sites excluding steroid dienone is 1. The molecule has 1 fully saturated rings. The summed E-state index contributed by atoms with van der Waals surface area (Å²) in [4.78, 5) is 25.0. The Morgan fingerprint density at radius 3 is 2.55 bits per heavy atom. The third-order valence-corrected chi connectivity index (χ3v) is 6.22. The summed E-state index contributed by atoms with van der Waals surface area (Å²) in [5.74, 6) is -1.22. The summed E-state index contributed by atoms with van der Waals surface area (Å²) in [7, 11) is 0. The zero-order chi connectivity index (χ0) is 23.2. The number of aliphatic hydroxyl groups excluding tert-OH is 2. The average Bonchev–Trinajstić information content (AvgIpc) is 3.09. The van der Waals surface area contributed by atoms with Crippen molar-refractivity contribution in [1.29, 1.82) is 0 Å². The van der Waals surface area contributed by atoms with Crippen LogP contribution in [0.1, 0.15) is 37.4 Å². The van der Waals surface area contributed by atoms with Crippen molar-refractivity contribution < 1.29 is 24.5 Å². The number of hydrogen-bond donors (Lipinski definition) is 2. The normalized spacial score (nSPS) is 21.5. The molecular weight excluding hydrogens is 416 g/mol. The Hall–Kier alpha value is -3.28. The van der Waals surface area contributed by atoms with Gasteiger partial charge in [-0.1, -0.05) is 72.8 Å². The predicted molar refractivity (Wildman–Crippen MR) is 127 cm³/mol. The molecule has 0 aromatic heterocycles. The van der Waals surface area contributed by atoms with Gasteiger partial charge in [-0.05, 0) is 41.3 Å². The number of hydrogen-bond acceptors (Lipinski definition) is 5. The van der Waals surface area contributed by atoms with Crippen LogP contribution in [0, 0.1) is 11.8 Å². The van der Waals surface area contributed by atoms with Crippen LogP contribution in [-0.2, 0) is 9.59 Å². The minimum atomic E-state index is -0.814. The molecule has 3 aromatic carbocycles. The van der Waals surface area contributed by atoms with Crippen LogP contribution < -0.4 is 4.74 Å². The van der Waals surface area contributed by atoms with E-state index in [1.54, 1.807) is 18.2 Å². The van der Waals surface area contributed by atoms with Gasteiger partial charge in [0, 0.05) is 18.3 Å². The van der Waals surface area contributed by atoms with E-state index in [0.29, 0.717) is 18.6 Å². The van der Waals surface area contributed by atoms with E-state index in [2.05, 4.69) is 0 Å². The highest BCUT2D eigenvalue weighted by molar-refractivity contribution is 5.89. The summed E-state index contributed by atoms with van der Waals surface area (Å²) in [6.07, 6.45) is 3.39. The molecule has 0 saturated heterocycles. The van der Waals surface area contributed by atoms with Crippen LogP contribution in [0.3, 0.4) is 0 Å². The van der Waals surface area contributed by atoms with E-state index in [4.69, 9.17) is 4.74 Å². The van der Waals surface area contributed by atoms with Crippen molar-refractivity contribution in [3.63, 3.8) is 0 Å². The molecule has 4 rings (SSSR count). The van der Waals surface area contributed by atoms with Crippen LogP contribution in [0.2, 0.25) is 0 Å². The zero-order valence-electron chi connectivity index (χ0n) is 18.3. The largest absolute Gasteiger partial charge is 0.426 e. The van der Waals surface area contributed by atoms with Gasteiger partial charge in [0.05, 0.1) is 18.6 Å². The molecule has 1 aliphatic carbocycles. The van der Waals surface area contributed by atoms with Crippen LogP contribution in [0.4, 0.5) is 0 Å². The van der Waals surface area contributed by atoms with E-state index >= 15 is 0 Å². The SMILES string of the molecule is O=C(CC1C(=O)C[C@H](O)[C@@H]1/C=C/CCC(O)c1ccccc1)Oc1ccc2ccccc2c1. The van der Waals surface area contributed by atoms with Crippen molar-refractivity contribution >= 4 is 22.5 Å². The van der Waals surface area contributed by atoms with Gasteiger partial charge in [-0.15, -0.1) is 0 Å². The highest BCUT2D eigenvalue weighted by atomic mass is 16.5. The first-order chi connectivity index (χ1) is 16.0. The van der Waals surface area contributed by atoms with Gasteiger partial charge in [-0.25, -0.2) is 0 Å². The van der Waals surface area contributed by atoms with Crippen molar-refractivity contribution in [3.8, 4) is 5.75 Å². The molecule has 0 aliphatic heterocycles. The lowest BCUT2D eigenvalue weighted by atomic mass is 9.90. The summed E-state index contributed by atoms with van der Waals surface area (Å²) < 4.78 is 5.49. The summed E-state index contributed by atoms with van der Waals surface area (Å²) in [5, 5.41) is 22.7. The van der Waals surface area contributed by atoms with Crippen LogP contribution in [0.5, 0.6) is 5.75 Å². The molecule has 0 bridgehead atoms. The van der Waals surface area contributed by atoms with Crippen molar-refractivity contribution in [3.05, 3.63) is 90.5 Å². The molecular formula is C28H28O5. The lowest BCUT2D eigenvalue weighted by Gasteiger charge is -2.17. The molecule has 5 nitrogen and oxygen atoms in total. The van der Waals surface area contributed by atoms with Gasteiger partial charge in [-0.3, -0.25) is 9.59 Å². The molecule has 0 radical (unpaired) electrons. The molecule has 1 aliphatic rings. The van der Waals surface area contributed by atoms with E-state index in [0.717, 1.165) is 16.3 Å². The van der Waals surface area contributed by atoms with Gasteiger partial charge in [0.2, 0.25) is 0 Å². The Morgan fingerprint density at radius 2 is 1.76 bits per heavy atom. The summed E-state index contributed by atoms with van der Waals surface area (Å²) >= 11 is 0. The van der Waals surface area contributed by atoms with Crippen molar-refractivity contribution in [2.75, 3.05) is 0 Å². The third-order valence-electron chi connectivity index (χ3n) is 6.22. The van der Waals surface area contributed by atoms with Crippen molar-refractivity contribution in [1.82, 2.24) is 0 Å². The minimum absolute atomic E-state index is 0.0373. The third kappa shape index (κ3) is 5.75. The fourth-order valence-electron chi connectivity index (χ4n) is 4.42. The molecule has 0 amide bonds. The fourth-order valence-corrected chi connectivity index (χ4v) is 4.42. The molecule has 3 aromatic rings. The van der Waals surface area contributed by atoms with Crippen molar-refractivity contribution in [2.45, 2.75) is 37.9 Å². The number of esters is 1. The molecule has 170 valence electrons. The number of ketones is 1. The number of carbonyl (C=O) groups excluding carboxylic acids is 2. The lowest BCUT2D eigenvalue weighted by molar-refractivity contribution is -0.138. The van der Waals surface area contributed by atoms with Crippen LogP contribution >= 0.6 is 0 Å². The second-order valence-electron chi connectivity index (χ2n) is 8.54. The van der Waals surface area contributed by atoms with Crippen molar-refractivity contribution in [2.24, 2.45) is 11.8 Å². The molecule has 5 heteroatoms. The molecule has 4 atom stereocenters. The number of Topliss-reactive ketones (excluding diaryl/α,β-unsaturated/α-hetero) is 1. The van der Waals surface area contributed by atoms with Gasteiger partial charge in [0.1, 0.15) is 11.5 Å². The number of ether oxygens (including phenoxy) is 1. The van der Waals surface area contributed by atoms with Gasteiger partial charge >= 0.3 is 5.97 Å². The minimum Gasteiger partial charge on any atom is -0.426 e. The smallest absolute Gasteiger partial charge is 0.311 e. The standard InChI is InChI=1S/C28H28O5/c29-25(20-9-2-1-3-10-20)13-7-6-12-23-24(27(31)18-26(23)30)17-28(32)33-22-15-14-19-8-4-5-11-21(19)16-22/h1-6,8-12,14-16,23-26,29-30H,7,13,17-18H2/b12-6+/t23-,24?,25?,26+/m1/s1. The Kier molecular flexibility index (Phi) is 7.33. The number of fused-ring (bicyclic) bond motifs is 1. The highest BCUT2D eigenvalue weighted by Gasteiger charge is 2.41. The van der Waals surface area contributed by atoms with Gasteiger partial charge < -0.3 is 14.9 Å². The molecule has 2 unspecified atom stereocenters. The van der Waals surface area contributed by atoms with E-state index in [1.807, 2.05) is 66.7 Å². The number of rotatable bonds is 8. The van der Waals surface area contributed by atoms with Gasteiger partial charge in [0.15, 0.2) is 0 Å². The second kappa shape index (κ2) is 10.6. The zero-order valence-corrected chi connectivity index (χ0v) is 18.3. The predicted octanol–water partition coefficient (Wildman–Crippen LogP) is 4.77. The first kappa shape index (κ1) is 22.9. The Morgan fingerprint density at radius 1 is 1.03 bits per heavy atom. The number of aliphatic hydroxyl groups is 2. The Balaban J connectivity index is 1.34. The maximum atomic E-state index is 12.6. The van der Waals surface area contributed by atoms with E-state index in [-0.39, 0.29) is 18.6 Å². The second-order valence-corrected chi connectivity index (χ2v) is 8.54. The maximum Gasteiger partial charge on any atom is 0.311 e. The summed E-state index contributed by atoms with van der Waals surface area (Å²) in [6.45, 7) is 0. The Bertz CT molecular complexity index is 1140. The van der Waals surface area contributed by atoms with Gasteiger partial charge in [0.25, 0.3) is 0 Å². The molecule has 2 N–H and O–H groups in total. The van der Waals surface area contributed by atoms with E-state index in [9.17, 15) is 19.8 Å². The first-order valence-electron chi connectivity index (χ1n) is 11.3. The molecule has 1 saturated carbocycles. The van der Waals surface area contributed by atoms with Crippen LogP contribution in [0.15, 0.2) is 84.9 Å². The van der Waals surface area contributed by atoms with E-state index < -0.39 is 30.0 Å². The quantitative estimate of drug-likeness (QED) is 0.297. The molecule has 0 heterocycles. The molecule has 33 heavy (non-hydrogen) atoms. The van der Waals surface area contributed by atoms with E-state index in [1.165, 1.54) is 0 Å².